The summed E-state index contributed by atoms with van der Waals surface area (Å²) in [6, 6.07) is 15.4. The highest BCUT2D eigenvalue weighted by Crippen LogP contribution is 2.26. The van der Waals surface area contributed by atoms with E-state index < -0.39 is 0 Å². The number of piperazine rings is 1. The van der Waals surface area contributed by atoms with Crippen LogP contribution in [-0.2, 0) is 11.2 Å². The number of hydrogen-bond acceptors (Lipinski definition) is 4. The molecular formula is C23H28N4O2S. The van der Waals surface area contributed by atoms with Gasteiger partial charge in [-0.1, -0.05) is 38.1 Å². The molecule has 1 saturated heterocycles. The molecule has 0 bridgehead atoms. The number of nitrogens with one attached hydrogen (secondary N) is 2. The Bertz CT molecular complexity index is 906. The zero-order valence-corrected chi connectivity index (χ0v) is 18.3. The van der Waals surface area contributed by atoms with Crippen LogP contribution in [0.1, 0.15) is 36.2 Å². The molecule has 0 radical (unpaired) electrons. The number of anilines is 2. The molecule has 6 nitrogen and oxygen atoms in total. The van der Waals surface area contributed by atoms with Crippen molar-refractivity contribution in [3.05, 3.63) is 59.7 Å². The zero-order valence-electron chi connectivity index (χ0n) is 17.5. The van der Waals surface area contributed by atoms with Crippen LogP contribution < -0.4 is 15.5 Å². The lowest BCUT2D eigenvalue weighted by atomic mass is 10.1. The second kappa shape index (κ2) is 10.2. The van der Waals surface area contributed by atoms with E-state index in [0.717, 1.165) is 30.9 Å². The second-order valence-corrected chi connectivity index (χ2v) is 7.61. The zero-order chi connectivity index (χ0) is 21.5. The first-order chi connectivity index (χ1) is 14.5. The molecule has 2 aromatic rings. The van der Waals surface area contributed by atoms with E-state index in [1.807, 2.05) is 60.4 Å². The lowest BCUT2D eigenvalue weighted by Gasteiger charge is -2.37. The number of amides is 2. The third-order valence-electron chi connectivity index (χ3n) is 5.28. The lowest BCUT2D eigenvalue weighted by Crippen LogP contribution is -2.48. The van der Waals surface area contributed by atoms with E-state index in [1.54, 1.807) is 0 Å². The number of carbonyl (C=O) groups is 2. The van der Waals surface area contributed by atoms with Crippen LogP contribution in [0.5, 0.6) is 0 Å². The highest BCUT2D eigenvalue weighted by Gasteiger charge is 2.22. The number of hydrogen-bond donors (Lipinski definition) is 2. The minimum absolute atomic E-state index is 0.192. The number of rotatable bonds is 5. The van der Waals surface area contributed by atoms with E-state index in [9.17, 15) is 9.59 Å². The van der Waals surface area contributed by atoms with Crippen molar-refractivity contribution in [3.63, 3.8) is 0 Å². The number of nitrogens with zero attached hydrogens (tertiary/aromatic N) is 2. The first-order valence-electron chi connectivity index (χ1n) is 10.3. The molecule has 1 aliphatic heterocycles. The van der Waals surface area contributed by atoms with Crippen molar-refractivity contribution in [1.82, 2.24) is 10.2 Å². The number of carbonyl (C=O) groups excluding carboxylic acids is 2. The van der Waals surface area contributed by atoms with Crippen molar-refractivity contribution in [2.24, 2.45) is 0 Å². The van der Waals surface area contributed by atoms with Crippen LogP contribution in [0, 0.1) is 0 Å². The van der Waals surface area contributed by atoms with Gasteiger partial charge in [0.05, 0.1) is 11.4 Å². The quantitative estimate of drug-likeness (QED) is 0.720. The fourth-order valence-electron chi connectivity index (χ4n) is 3.50. The fourth-order valence-corrected chi connectivity index (χ4v) is 3.70. The molecule has 7 heteroatoms. The largest absolute Gasteiger partial charge is 0.366 e. The van der Waals surface area contributed by atoms with Gasteiger partial charge in [0.2, 0.25) is 5.91 Å². The van der Waals surface area contributed by atoms with Crippen LogP contribution in [0.2, 0.25) is 0 Å². The molecular weight excluding hydrogens is 396 g/mol. The maximum atomic E-state index is 12.5. The fraction of sp³-hybridized carbons (Fsp3) is 0.348. The molecule has 0 spiro atoms. The normalized spacial score (nSPS) is 13.7. The van der Waals surface area contributed by atoms with Crippen molar-refractivity contribution in [3.8, 4) is 0 Å². The summed E-state index contributed by atoms with van der Waals surface area (Å²) >= 11 is 5.38. The maximum absolute atomic E-state index is 12.5. The molecule has 158 valence electrons. The predicted octanol–water partition coefficient (Wildman–Crippen LogP) is 3.43. The molecule has 0 unspecified atom stereocenters. The van der Waals surface area contributed by atoms with Gasteiger partial charge in [-0.15, -0.1) is 0 Å². The molecule has 1 aliphatic rings. The topological polar surface area (TPSA) is 64.7 Å². The maximum Gasteiger partial charge on any atom is 0.257 e. The van der Waals surface area contributed by atoms with E-state index in [1.165, 1.54) is 5.56 Å². The van der Waals surface area contributed by atoms with Crippen LogP contribution >= 0.6 is 12.2 Å². The number of para-hydroxylation sites is 2. The van der Waals surface area contributed by atoms with Gasteiger partial charge in [0.15, 0.2) is 5.11 Å². The second-order valence-electron chi connectivity index (χ2n) is 7.20. The number of aryl methyl sites for hydroxylation is 1. The van der Waals surface area contributed by atoms with Crippen molar-refractivity contribution in [1.29, 1.82) is 0 Å². The molecule has 1 heterocycles. The summed E-state index contributed by atoms with van der Waals surface area (Å²) in [5, 5.41) is 6.16. The molecule has 2 aromatic carbocycles. The molecule has 0 saturated carbocycles. The Balaban J connectivity index is 1.62. The minimum Gasteiger partial charge on any atom is -0.366 e. The van der Waals surface area contributed by atoms with Gasteiger partial charge in [0, 0.05) is 38.2 Å². The monoisotopic (exact) mass is 424 g/mol. The minimum atomic E-state index is -0.237. The summed E-state index contributed by atoms with van der Waals surface area (Å²) in [5.74, 6) is -0.0451. The standard InChI is InChI=1S/C23H28N4O2S/c1-3-17-9-11-18(12-10-17)22(29)25-23(30)24-19-7-5-6-8-20(19)26-13-15-27(16-14-26)21(28)4-2/h5-12H,3-4,13-16H2,1-2H3,(H2,24,25,29,30). The van der Waals surface area contributed by atoms with Crippen molar-refractivity contribution >= 4 is 40.5 Å². The lowest BCUT2D eigenvalue weighted by molar-refractivity contribution is -0.131. The highest BCUT2D eigenvalue weighted by atomic mass is 32.1. The van der Waals surface area contributed by atoms with Gasteiger partial charge in [-0.05, 0) is 48.5 Å². The van der Waals surface area contributed by atoms with Gasteiger partial charge in [-0.25, -0.2) is 0 Å². The van der Waals surface area contributed by atoms with Crippen LogP contribution in [0.4, 0.5) is 11.4 Å². The third kappa shape index (κ3) is 5.36. The Kier molecular flexibility index (Phi) is 7.41. The summed E-state index contributed by atoms with van der Waals surface area (Å²) < 4.78 is 0. The van der Waals surface area contributed by atoms with Gasteiger partial charge in [0.1, 0.15) is 0 Å². The Morgan fingerprint density at radius 2 is 1.63 bits per heavy atom. The molecule has 2 N–H and O–H groups in total. The summed E-state index contributed by atoms with van der Waals surface area (Å²) in [4.78, 5) is 28.5. The van der Waals surface area contributed by atoms with Crippen molar-refractivity contribution in [2.75, 3.05) is 36.4 Å². The SMILES string of the molecule is CCC(=O)N1CCN(c2ccccc2NC(=S)NC(=O)c2ccc(CC)cc2)CC1. The summed E-state index contributed by atoms with van der Waals surface area (Å²) in [6.07, 6.45) is 1.47. The molecule has 3 rings (SSSR count). The third-order valence-corrected chi connectivity index (χ3v) is 5.48. The first-order valence-corrected chi connectivity index (χ1v) is 10.8. The summed E-state index contributed by atoms with van der Waals surface area (Å²) in [6.45, 7) is 6.89. The van der Waals surface area contributed by atoms with Crippen molar-refractivity contribution < 1.29 is 9.59 Å². The van der Waals surface area contributed by atoms with Crippen LogP contribution in [0.15, 0.2) is 48.5 Å². The first kappa shape index (κ1) is 21.8. The Hall–Kier alpha value is -2.93. The number of thiocarbonyl (C=S) groups is 1. The molecule has 0 aromatic heterocycles. The van der Waals surface area contributed by atoms with E-state index >= 15 is 0 Å². The smallest absolute Gasteiger partial charge is 0.257 e. The van der Waals surface area contributed by atoms with Crippen molar-refractivity contribution in [2.45, 2.75) is 26.7 Å². The van der Waals surface area contributed by atoms with Gasteiger partial charge >= 0.3 is 0 Å². The Morgan fingerprint density at radius 3 is 2.27 bits per heavy atom. The highest BCUT2D eigenvalue weighted by molar-refractivity contribution is 7.80. The van der Waals surface area contributed by atoms with Crippen LogP contribution in [0.3, 0.4) is 0 Å². The molecule has 0 atom stereocenters. The average molecular weight is 425 g/mol. The average Bonchev–Trinajstić information content (AvgIpc) is 2.79. The molecule has 30 heavy (non-hydrogen) atoms. The van der Waals surface area contributed by atoms with Crippen LogP contribution in [0.25, 0.3) is 0 Å². The molecule has 1 fully saturated rings. The Morgan fingerprint density at radius 1 is 0.967 bits per heavy atom. The molecule has 0 aliphatic carbocycles. The van der Waals surface area contributed by atoms with E-state index in [0.29, 0.717) is 25.1 Å². The molecule has 2 amide bonds. The van der Waals surface area contributed by atoms with Gasteiger partial charge < -0.3 is 15.1 Å². The van der Waals surface area contributed by atoms with E-state index in [2.05, 4.69) is 22.5 Å². The van der Waals surface area contributed by atoms with Gasteiger partial charge in [0.25, 0.3) is 5.91 Å². The Labute approximate surface area is 183 Å². The predicted molar refractivity (Wildman–Crippen MR) is 125 cm³/mol. The van der Waals surface area contributed by atoms with E-state index in [-0.39, 0.29) is 16.9 Å². The number of benzene rings is 2. The van der Waals surface area contributed by atoms with Crippen LogP contribution in [-0.4, -0.2) is 48.0 Å². The van der Waals surface area contributed by atoms with Gasteiger partial charge in [-0.2, -0.15) is 0 Å². The van der Waals surface area contributed by atoms with E-state index in [4.69, 9.17) is 12.2 Å². The summed E-state index contributed by atoms with van der Waals surface area (Å²) in [7, 11) is 0. The van der Waals surface area contributed by atoms with Gasteiger partial charge in [-0.3, -0.25) is 14.9 Å². The summed E-state index contributed by atoms with van der Waals surface area (Å²) in [5.41, 5.74) is 3.59.